The number of nitrogens with zero attached hydrogens (tertiary/aromatic N) is 1. The molecule has 0 aliphatic carbocycles. The maximum atomic E-state index is 12.0. The Hall–Kier alpha value is -3.41. The summed E-state index contributed by atoms with van der Waals surface area (Å²) in [6.45, 7) is 3.07. The second kappa shape index (κ2) is 9.09. The summed E-state index contributed by atoms with van der Waals surface area (Å²) in [6, 6.07) is 31.6. The van der Waals surface area contributed by atoms with Crippen molar-refractivity contribution in [3.63, 3.8) is 0 Å². The third-order valence-electron chi connectivity index (χ3n) is 6.52. The number of aryl methyl sites for hydroxylation is 1. The Labute approximate surface area is 201 Å². The maximum Gasteiger partial charge on any atom is 0.211 e. The van der Waals surface area contributed by atoms with E-state index < -0.39 is 10.0 Å². The average Bonchev–Trinajstić information content (AvgIpc) is 2.85. The van der Waals surface area contributed by atoms with Gasteiger partial charge in [0.25, 0.3) is 0 Å². The summed E-state index contributed by atoms with van der Waals surface area (Å²) in [6.07, 6.45) is 1.98. The Kier molecular flexibility index (Phi) is 5.98. The van der Waals surface area contributed by atoms with Crippen LogP contribution in [0.2, 0.25) is 0 Å². The monoisotopic (exact) mass is 468 g/mol. The van der Waals surface area contributed by atoms with Crippen LogP contribution in [0.4, 0.5) is 11.4 Å². The molecule has 5 heteroatoms. The Morgan fingerprint density at radius 2 is 1.50 bits per heavy atom. The fourth-order valence-corrected chi connectivity index (χ4v) is 5.42. The smallest absolute Gasteiger partial charge is 0.211 e. The van der Waals surface area contributed by atoms with Crippen molar-refractivity contribution in [2.24, 2.45) is 0 Å². The van der Waals surface area contributed by atoms with E-state index in [9.17, 15) is 8.42 Å². The van der Waals surface area contributed by atoms with E-state index in [2.05, 4.69) is 85.0 Å². The summed E-state index contributed by atoms with van der Waals surface area (Å²) < 4.78 is 25.5. The van der Waals surface area contributed by atoms with E-state index >= 15 is 0 Å². The molecule has 0 amide bonds. The molecule has 1 aliphatic rings. The lowest BCUT2D eigenvalue weighted by molar-refractivity contribution is 0.395. The fraction of sp³-hybridized carbons (Fsp3) is 0.172. The van der Waals surface area contributed by atoms with E-state index in [0.29, 0.717) is 19.5 Å². The van der Waals surface area contributed by atoms with Gasteiger partial charge in [-0.05, 0) is 70.5 Å². The topological polar surface area (TPSA) is 49.4 Å². The standard InChI is InChI=1S/C29H28N2O2S/c1-21-11-16-26(19-28(21)24-14-12-23(13-15-24)22-7-4-3-5-8-22)30-29-10-6-9-25-20-31(34(2,32)33)18-17-27(25)29/h3-16,19,30H,17-18,20H2,1-2H3. The third kappa shape index (κ3) is 4.63. The molecule has 34 heavy (non-hydrogen) atoms. The summed E-state index contributed by atoms with van der Waals surface area (Å²) in [5, 5.41) is 3.59. The summed E-state index contributed by atoms with van der Waals surface area (Å²) in [5.74, 6) is 0. The molecule has 0 radical (unpaired) electrons. The highest BCUT2D eigenvalue weighted by atomic mass is 32.2. The van der Waals surface area contributed by atoms with Crippen molar-refractivity contribution < 1.29 is 8.42 Å². The SMILES string of the molecule is Cc1ccc(Nc2cccc3c2CCN(S(C)(=O)=O)C3)cc1-c1ccc(-c2ccccc2)cc1. The number of rotatable bonds is 5. The van der Waals surface area contributed by atoms with Crippen molar-refractivity contribution >= 4 is 21.4 Å². The molecule has 172 valence electrons. The van der Waals surface area contributed by atoms with E-state index in [-0.39, 0.29) is 0 Å². The highest BCUT2D eigenvalue weighted by Crippen LogP contribution is 2.33. The van der Waals surface area contributed by atoms with Crippen molar-refractivity contribution in [1.82, 2.24) is 4.31 Å². The van der Waals surface area contributed by atoms with E-state index in [1.165, 1.54) is 39.6 Å². The van der Waals surface area contributed by atoms with Crippen LogP contribution in [0.25, 0.3) is 22.3 Å². The third-order valence-corrected chi connectivity index (χ3v) is 7.77. The molecular weight excluding hydrogens is 440 g/mol. The molecule has 5 rings (SSSR count). The minimum absolute atomic E-state index is 0.427. The van der Waals surface area contributed by atoms with Gasteiger partial charge in [0, 0.05) is 24.5 Å². The largest absolute Gasteiger partial charge is 0.355 e. The Morgan fingerprint density at radius 1 is 0.794 bits per heavy atom. The van der Waals surface area contributed by atoms with Gasteiger partial charge in [-0.15, -0.1) is 0 Å². The lowest BCUT2D eigenvalue weighted by atomic mass is 9.96. The fourth-order valence-electron chi connectivity index (χ4n) is 4.62. The van der Waals surface area contributed by atoms with Crippen molar-refractivity contribution in [2.75, 3.05) is 18.1 Å². The van der Waals surface area contributed by atoms with Crippen LogP contribution in [0.5, 0.6) is 0 Å². The molecule has 0 aromatic heterocycles. The first kappa shape index (κ1) is 22.4. The zero-order valence-corrected chi connectivity index (χ0v) is 20.3. The minimum atomic E-state index is -3.19. The van der Waals surface area contributed by atoms with Gasteiger partial charge in [-0.3, -0.25) is 0 Å². The highest BCUT2D eigenvalue weighted by Gasteiger charge is 2.24. The Morgan fingerprint density at radius 3 is 2.24 bits per heavy atom. The average molecular weight is 469 g/mol. The summed E-state index contributed by atoms with van der Waals surface area (Å²) in [5.41, 5.74) is 10.3. The first-order chi connectivity index (χ1) is 16.4. The van der Waals surface area contributed by atoms with Gasteiger partial charge in [-0.2, -0.15) is 4.31 Å². The highest BCUT2D eigenvalue weighted by molar-refractivity contribution is 7.88. The summed E-state index contributed by atoms with van der Waals surface area (Å²) in [7, 11) is -3.19. The molecule has 0 unspecified atom stereocenters. The van der Waals surface area contributed by atoms with Crippen LogP contribution in [0.1, 0.15) is 16.7 Å². The van der Waals surface area contributed by atoms with E-state index in [1.807, 2.05) is 18.2 Å². The van der Waals surface area contributed by atoms with Crippen LogP contribution in [0, 0.1) is 6.92 Å². The predicted molar refractivity (Wildman–Crippen MR) is 141 cm³/mol. The van der Waals surface area contributed by atoms with Crippen LogP contribution < -0.4 is 5.32 Å². The number of anilines is 2. The van der Waals surface area contributed by atoms with Crippen LogP contribution >= 0.6 is 0 Å². The predicted octanol–water partition coefficient (Wildman–Crippen LogP) is 6.39. The van der Waals surface area contributed by atoms with Gasteiger partial charge in [-0.1, -0.05) is 72.8 Å². The first-order valence-electron chi connectivity index (χ1n) is 11.5. The lowest BCUT2D eigenvalue weighted by Crippen LogP contribution is -2.35. The Bertz CT molecular complexity index is 1430. The number of hydrogen-bond donors (Lipinski definition) is 1. The number of fused-ring (bicyclic) bond motifs is 1. The molecule has 0 spiro atoms. The summed E-state index contributed by atoms with van der Waals surface area (Å²) in [4.78, 5) is 0. The quantitative estimate of drug-likeness (QED) is 0.369. The van der Waals surface area contributed by atoms with Gasteiger partial charge in [0.1, 0.15) is 0 Å². The van der Waals surface area contributed by atoms with E-state index in [4.69, 9.17) is 0 Å². The lowest BCUT2D eigenvalue weighted by Gasteiger charge is -2.28. The number of sulfonamides is 1. The molecule has 0 saturated carbocycles. The van der Waals surface area contributed by atoms with Crippen LogP contribution in [-0.2, 0) is 23.0 Å². The number of hydrogen-bond acceptors (Lipinski definition) is 3. The Balaban J connectivity index is 1.41. The second-order valence-electron chi connectivity index (χ2n) is 8.89. The van der Waals surface area contributed by atoms with E-state index in [0.717, 1.165) is 16.9 Å². The molecule has 0 atom stereocenters. The van der Waals surface area contributed by atoms with Gasteiger partial charge in [-0.25, -0.2) is 8.42 Å². The van der Waals surface area contributed by atoms with Crippen molar-refractivity contribution in [1.29, 1.82) is 0 Å². The molecule has 4 aromatic rings. The minimum Gasteiger partial charge on any atom is -0.355 e. The molecule has 1 heterocycles. The van der Waals surface area contributed by atoms with Gasteiger partial charge in [0.2, 0.25) is 10.0 Å². The van der Waals surface area contributed by atoms with Crippen molar-refractivity contribution in [3.8, 4) is 22.3 Å². The molecule has 1 N–H and O–H groups in total. The van der Waals surface area contributed by atoms with Crippen LogP contribution in [0.15, 0.2) is 91.0 Å². The molecular formula is C29H28N2O2S. The van der Waals surface area contributed by atoms with Crippen LogP contribution in [0.3, 0.4) is 0 Å². The molecule has 4 nitrogen and oxygen atoms in total. The molecule has 0 fully saturated rings. The van der Waals surface area contributed by atoms with E-state index in [1.54, 1.807) is 4.31 Å². The maximum absolute atomic E-state index is 12.0. The van der Waals surface area contributed by atoms with Gasteiger partial charge >= 0.3 is 0 Å². The van der Waals surface area contributed by atoms with Gasteiger partial charge in [0.05, 0.1) is 6.26 Å². The zero-order valence-electron chi connectivity index (χ0n) is 19.5. The molecule has 0 saturated heterocycles. The van der Waals surface area contributed by atoms with Crippen molar-refractivity contribution in [3.05, 3.63) is 108 Å². The molecule has 0 bridgehead atoms. The van der Waals surface area contributed by atoms with Crippen molar-refractivity contribution in [2.45, 2.75) is 19.9 Å². The number of benzene rings is 4. The van der Waals surface area contributed by atoms with Crippen LogP contribution in [-0.4, -0.2) is 25.5 Å². The second-order valence-corrected chi connectivity index (χ2v) is 10.9. The van der Waals surface area contributed by atoms with Gasteiger partial charge < -0.3 is 5.32 Å². The summed E-state index contributed by atoms with van der Waals surface area (Å²) >= 11 is 0. The molecule has 1 aliphatic heterocycles. The zero-order chi connectivity index (χ0) is 23.7. The normalized spacial score (nSPS) is 13.9. The number of nitrogens with one attached hydrogen (secondary N) is 1. The molecule has 4 aromatic carbocycles. The first-order valence-corrected chi connectivity index (χ1v) is 13.3. The van der Waals surface area contributed by atoms with Gasteiger partial charge in [0.15, 0.2) is 0 Å².